The number of imide groups is 2. The van der Waals surface area contributed by atoms with Gasteiger partial charge in [-0.25, -0.2) is 54.6 Å². The Labute approximate surface area is 813 Å². The van der Waals surface area contributed by atoms with E-state index in [0.717, 1.165) is 103 Å². The Morgan fingerprint density at radius 1 is 0.439 bits per heavy atom. The highest BCUT2D eigenvalue weighted by Crippen LogP contribution is 2.34. The van der Waals surface area contributed by atoms with Crippen LogP contribution in [0.1, 0.15) is 256 Å². The number of carboxylic acid groups (broad SMARTS) is 3. The summed E-state index contributed by atoms with van der Waals surface area (Å²) in [6.45, 7) is 14.9. The number of unbranched alkanes of at least 4 members (excludes halogenated alkanes) is 6. The standard InChI is InChI=1S/C32H49N5O7S.C27H37N5O7S.C23H34N4O5S.C8H16N2O3.C4H5NO3/c1-6-7-11-25(16-17-45(5,42)43)36-30-27(21(2)34-32(33)37-30)20-24-18-23(14-15-29(24)44-4)19-26(39)12-9-8-10-13-28(31(40)41)35-22(3)38;1-5-6-7-20(12-13-40(4,36)37)30-26-21(17(2)29-27(28)31-26)16-19-14-18(8-9-22(19)38-3)15-25(35)39-32-23(33)10-11-24(32)34;1-5-6-7-18(10-11-33(4,30)31)26-22-19(15(2)25-23(24)27-22)14-17-12-16(13-21(28)29)8-9-20(17)32-3;1-6(11)10-7(8(12)13)4-2-3-5-9;6-3-1-2-4(7)5(3)8/h14-15,18,25,28H,6-13,16-17,19-20H2,1-5H3,(H,35,38)(H,40,41)(H3,33,34,36,37);8-9,14,20H,5-7,10-13,15-16H2,1-4H3,(H3,28,29,30,31);8-9,12,18H,5-7,10-11,13-14H2,1-4H3,(H,28,29)(H3,24,25,26,27);7H,2-5,9H2,1H3,(H,10,11)(H,12,13);8H,1-2H2/t25-,28-;20-;18-;7-;/m0000./s1. The Morgan fingerprint density at radius 3 is 1.05 bits per heavy atom. The molecule has 6 amide bonds. The molecule has 45 heteroatoms. The first-order chi connectivity index (χ1) is 65.4. The molecule has 17 N–H and O–H groups in total. The Bertz CT molecular complexity index is 5490. The van der Waals surface area contributed by atoms with Crippen LogP contribution in [0.5, 0.6) is 17.2 Å². The second-order valence-corrected chi connectivity index (χ2v) is 41.1. The lowest BCUT2D eigenvalue weighted by Crippen LogP contribution is -2.39. The molecule has 139 heavy (non-hydrogen) atoms. The normalized spacial score (nSPS) is 13.5. The SMILES string of the molecule is CC(=O)N[C@@H](CCCCN)C(=O)O.CCCC[C@@H](CCS(C)(=O)=O)Nc1nc(N)nc(C)c1Cc1cc(CC(=O)CCCCC[C@H](NC(C)=O)C(=O)O)ccc1OC.CCCC[C@@H](CCS(C)(=O)=O)Nc1nc(N)nc(C)c1Cc1cc(CC(=O)O)ccc1OC.CCCC[C@@H](CCS(C)(=O)=O)Nc1nc(N)nc(C)c1Cc1cc(CC(=O)ON2C(=O)CCC2=O)ccc1OC.O=C1CCC(=O)N1O. The lowest BCUT2D eigenvalue weighted by molar-refractivity contribution is -0.197. The molecule has 0 unspecified atom stereocenters. The quantitative estimate of drug-likeness (QED) is 0.00963. The molecular weight excluding hydrogens is 1860 g/mol. The number of nitrogens with zero attached hydrogens (tertiary/aromatic N) is 8. The number of anilines is 6. The molecule has 0 saturated carbocycles. The molecule has 0 radical (unpaired) electrons. The number of carboxylic acids is 3. The van der Waals surface area contributed by atoms with Crippen LogP contribution in [-0.4, -0.2) is 245 Å². The van der Waals surface area contributed by atoms with E-state index in [-0.39, 0.29) is 121 Å². The van der Waals surface area contributed by atoms with Gasteiger partial charge < -0.3 is 83.9 Å². The minimum atomic E-state index is -3.14. The van der Waals surface area contributed by atoms with Crippen molar-refractivity contribution in [2.45, 2.75) is 278 Å². The fourth-order valence-corrected chi connectivity index (χ4v) is 17.0. The van der Waals surface area contributed by atoms with Crippen molar-refractivity contribution < 1.29 is 118 Å². The molecule has 2 fully saturated rings. The summed E-state index contributed by atoms with van der Waals surface area (Å²) < 4.78 is 87.6. The third-order valence-electron chi connectivity index (χ3n) is 22.2. The van der Waals surface area contributed by atoms with E-state index in [1.165, 1.54) is 39.7 Å². The number of carbonyl (C=O) groups excluding carboxylic acids is 8. The van der Waals surface area contributed by atoms with Crippen molar-refractivity contribution in [1.82, 2.24) is 50.7 Å². The Balaban J connectivity index is 0.000000395. The number of benzene rings is 3. The van der Waals surface area contributed by atoms with Crippen molar-refractivity contribution in [1.29, 1.82) is 0 Å². The second-order valence-electron chi connectivity index (χ2n) is 34.3. The summed E-state index contributed by atoms with van der Waals surface area (Å²) in [6.07, 6.45) is 19.0. The number of ether oxygens (including phenoxy) is 3. The number of aliphatic carboxylic acids is 3. The number of carbonyl (C=O) groups is 11. The summed E-state index contributed by atoms with van der Waals surface area (Å²) >= 11 is 0. The number of aryl methyl sites for hydroxylation is 3. The number of methoxy groups -OCH3 is 3. The molecule has 2 aliphatic rings. The van der Waals surface area contributed by atoms with E-state index in [9.17, 15) is 83.1 Å². The Hall–Kier alpha value is -12.4. The third-order valence-corrected chi connectivity index (χ3v) is 25.1. The minimum absolute atomic E-state index is 0.0196. The average Bonchev–Trinajstić information content (AvgIpc) is 1.52. The van der Waals surface area contributed by atoms with Crippen molar-refractivity contribution >= 4 is 130 Å². The van der Waals surface area contributed by atoms with Gasteiger partial charge in [0.1, 0.15) is 82.1 Å². The van der Waals surface area contributed by atoms with Gasteiger partial charge in [0, 0.05) is 142 Å². The van der Waals surface area contributed by atoms with Gasteiger partial charge in [-0.15, -0.1) is 5.06 Å². The number of hydrogen-bond acceptors (Lipinski definition) is 35. The number of amides is 6. The van der Waals surface area contributed by atoms with Gasteiger partial charge in [0.2, 0.25) is 29.7 Å². The van der Waals surface area contributed by atoms with Crippen LogP contribution in [0.25, 0.3) is 0 Å². The molecule has 6 aromatic rings. The molecule has 5 heterocycles. The molecule has 8 rings (SSSR count). The minimum Gasteiger partial charge on any atom is -0.496 e. The zero-order valence-corrected chi connectivity index (χ0v) is 84.5. The summed E-state index contributed by atoms with van der Waals surface area (Å²) in [6, 6.07) is 14.1. The van der Waals surface area contributed by atoms with Gasteiger partial charge >= 0.3 is 23.9 Å². The van der Waals surface area contributed by atoms with Gasteiger partial charge in [0.05, 0.1) is 51.4 Å². The zero-order chi connectivity index (χ0) is 104. The molecular formula is C94H141N17O25S3. The number of rotatable bonds is 54. The van der Waals surface area contributed by atoms with Crippen molar-refractivity contribution in [2.24, 2.45) is 5.73 Å². The van der Waals surface area contributed by atoms with E-state index in [2.05, 4.69) is 77.3 Å². The summed E-state index contributed by atoms with van der Waals surface area (Å²) in [5, 5.41) is 51.2. The smallest absolute Gasteiger partial charge is 0.337 e. The Kier molecular flexibility index (Phi) is 51.2. The largest absolute Gasteiger partial charge is 0.496 e. The molecule has 0 spiro atoms. The van der Waals surface area contributed by atoms with Crippen LogP contribution in [-0.2, 0) is 126 Å². The molecule has 3 aromatic carbocycles. The summed E-state index contributed by atoms with van der Waals surface area (Å²) in [5.41, 5.74) is 32.0. The van der Waals surface area contributed by atoms with Gasteiger partial charge in [0.15, 0.2) is 0 Å². The lowest BCUT2D eigenvalue weighted by Gasteiger charge is -2.22. The number of aromatic nitrogens is 6. The molecule has 770 valence electrons. The maximum absolute atomic E-state index is 12.8. The van der Waals surface area contributed by atoms with Crippen LogP contribution in [0, 0.1) is 20.8 Å². The molecule has 0 aliphatic carbocycles. The maximum atomic E-state index is 12.8. The van der Waals surface area contributed by atoms with Crippen molar-refractivity contribution in [3.63, 3.8) is 0 Å². The average molecular weight is 2010 g/mol. The highest BCUT2D eigenvalue weighted by atomic mass is 32.2. The van der Waals surface area contributed by atoms with Crippen LogP contribution >= 0.6 is 0 Å². The van der Waals surface area contributed by atoms with Crippen molar-refractivity contribution in [3.05, 3.63) is 122 Å². The first kappa shape index (κ1) is 119. The first-order valence-corrected chi connectivity index (χ1v) is 52.3. The molecule has 2 aliphatic heterocycles. The molecule has 5 atom stereocenters. The number of ketones is 1. The highest BCUT2D eigenvalue weighted by molar-refractivity contribution is 7.91. The summed E-state index contributed by atoms with van der Waals surface area (Å²) in [4.78, 5) is 156. The number of hydroxylamine groups is 4. The van der Waals surface area contributed by atoms with E-state index < -0.39 is 89.1 Å². The molecule has 2 saturated heterocycles. The van der Waals surface area contributed by atoms with Crippen LogP contribution in [0.15, 0.2) is 54.6 Å². The predicted molar refractivity (Wildman–Crippen MR) is 525 cm³/mol. The lowest BCUT2D eigenvalue weighted by atomic mass is 9.97. The fourth-order valence-electron chi connectivity index (χ4n) is 14.9. The highest BCUT2D eigenvalue weighted by Gasteiger charge is 2.34. The van der Waals surface area contributed by atoms with Crippen molar-refractivity contribution in [3.8, 4) is 17.2 Å². The van der Waals surface area contributed by atoms with E-state index in [4.69, 9.17) is 57.4 Å². The van der Waals surface area contributed by atoms with Gasteiger partial charge in [0.25, 0.3) is 23.6 Å². The fraction of sp³-hybridized carbons (Fsp3) is 0.564. The van der Waals surface area contributed by atoms with E-state index in [1.54, 1.807) is 44.6 Å². The number of hydrogen-bond donors (Lipinski definition) is 13. The van der Waals surface area contributed by atoms with Crippen molar-refractivity contribution in [2.75, 3.05) is 97.1 Å². The predicted octanol–water partition coefficient (Wildman–Crippen LogP) is 8.77. The second kappa shape index (κ2) is 59.8. The van der Waals surface area contributed by atoms with Crippen LogP contribution in [0.4, 0.5) is 35.3 Å². The molecule has 42 nitrogen and oxygen atoms in total. The number of sulfone groups is 3. The zero-order valence-electron chi connectivity index (χ0n) is 82.1. The molecule has 0 bridgehead atoms. The van der Waals surface area contributed by atoms with Gasteiger partial charge in [-0.2, -0.15) is 20.0 Å². The van der Waals surface area contributed by atoms with E-state index >= 15 is 0 Å². The van der Waals surface area contributed by atoms with Gasteiger partial charge in [-0.1, -0.05) is 109 Å². The monoisotopic (exact) mass is 2000 g/mol. The van der Waals surface area contributed by atoms with Crippen LogP contribution < -0.4 is 63.7 Å². The summed E-state index contributed by atoms with van der Waals surface area (Å²) in [7, 11) is -4.69. The van der Waals surface area contributed by atoms with E-state index in [1.807, 2.05) is 45.0 Å². The number of nitrogen functional groups attached to an aromatic ring is 3. The van der Waals surface area contributed by atoms with Gasteiger partial charge in [-0.05, 0) is 150 Å². The number of nitrogens with two attached hydrogens (primary N) is 4. The first-order valence-electron chi connectivity index (χ1n) is 46.2. The Morgan fingerprint density at radius 2 is 0.763 bits per heavy atom. The topological polar surface area (TPSA) is 656 Å². The van der Waals surface area contributed by atoms with Crippen LogP contribution in [0.2, 0.25) is 0 Å². The van der Waals surface area contributed by atoms with Crippen LogP contribution in [0.3, 0.4) is 0 Å². The summed E-state index contributed by atoms with van der Waals surface area (Å²) in [5.74, 6) is -2.42. The van der Waals surface area contributed by atoms with E-state index in [0.29, 0.717) is 158 Å². The maximum Gasteiger partial charge on any atom is 0.337 e. The number of Topliss-reactive ketones (excluding diaryl/α,β-unsaturated/α-hetero) is 1. The third kappa shape index (κ3) is 45.4. The molecule has 3 aromatic heterocycles. The number of nitrogens with one attached hydrogen (secondary N) is 5. The van der Waals surface area contributed by atoms with Gasteiger partial charge in [-0.3, -0.25) is 43.6 Å².